The molecule has 0 radical (unpaired) electrons. The van der Waals surface area contributed by atoms with Gasteiger partial charge < -0.3 is 15.4 Å². The van der Waals surface area contributed by atoms with Gasteiger partial charge >= 0.3 is 0 Å². The van der Waals surface area contributed by atoms with Crippen LogP contribution in [-0.2, 0) is 24.3 Å². The number of likely N-dealkylation sites (N-methyl/N-ethyl adjacent to an activating group) is 1. The Morgan fingerprint density at radius 3 is 2.71 bits per heavy atom. The number of nitrogen functional groups attached to an aromatic ring is 1. The summed E-state index contributed by atoms with van der Waals surface area (Å²) in [7, 11) is 3.79. The molecule has 1 aliphatic rings. The second-order valence-electron chi connectivity index (χ2n) is 9.50. The van der Waals surface area contributed by atoms with E-state index in [4.69, 9.17) is 21.3 Å². The zero-order valence-corrected chi connectivity index (χ0v) is 23.6. The lowest BCUT2D eigenvalue weighted by molar-refractivity contribution is -0.104. The van der Waals surface area contributed by atoms with Crippen LogP contribution in [0.1, 0.15) is 23.6 Å². The maximum atomic E-state index is 9.97. The number of allylic oxidation sites excluding steroid dienone is 2. The van der Waals surface area contributed by atoms with Crippen molar-refractivity contribution in [1.82, 2.24) is 24.6 Å². The highest BCUT2D eigenvalue weighted by atomic mass is 16.5. The van der Waals surface area contributed by atoms with Crippen LogP contribution < -0.4 is 16.2 Å². The maximum absolute atomic E-state index is 9.97. The first kappa shape index (κ1) is 29.2. The number of carbonyl (C=O) groups excluding carboxylic acids is 1. The lowest BCUT2D eigenvalue weighted by Gasteiger charge is -2.25. The monoisotopic (exact) mass is 553 g/mol. The van der Waals surface area contributed by atoms with Crippen LogP contribution in [0.25, 0.3) is 22.3 Å². The van der Waals surface area contributed by atoms with Gasteiger partial charge in [-0.15, -0.1) is 0 Å². The van der Waals surface area contributed by atoms with Gasteiger partial charge in [0.25, 0.3) is 0 Å². The number of aromatic nitrogens is 4. The fourth-order valence-electron chi connectivity index (χ4n) is 4.68. The minimum atomic E-state index is 0.0529. The zero-order valence-electron chi connectivity index (χ0n) is 23.6. The van der Waals surface area contributed by atoms with Crippen molar-refractivity contribution >= 4 is 41.8 Å². The highest BCUT2D eigenvalue weighted by Gasteiger charge is 2.19. The van der Waals surface area contributed by atoms with Gasteiger partial charge in [-0.25, -0.2) is 14.6 Å². The molecule has 5 rings (SSSR count). The first-order valence-corrected chi connectivity index (χ1v) is 13.2. The number of hydrogen-bond donors (Lipinski definition) is 2. The Bertz CT molecular complexity index is 1610. The first-order chi connectivity index (χ1) is 19.9. The number of aliphatic imine (C=N–C) groups is 2. The molecular weight excluding hydrogens is 518 g/mol. The van der Waals surface area contributed by atoms with Crippen molar-refractivity contribution in [3.05, 3.63) is 71.1 Å². The first-order valence-electron chi connectivity index (χ1n) is 13.2. The molecule has 1 aliphatic heterocycles. The number of anilines is 1. The second kappa shape index (κ2) is 13.6. The van der Waals surface area contributed by atoms with Crippen molar-refractivity contribution in [3.63, 3.8) is 0 Å². The van der Waals surface area contributed by atoms with Gasteiger partial charge in [0.1, 0.15) is 36.0 Å². The number of fused-ring (bicyclic) bond motifs is 2. The number of hydrogen-bond acceptors (Lipinski definition) is 10. The van der Waals surface area contributed by atoms with Crippen molar-refractivity contribution < 1.29 is 9.53 Å². The minimum Gasteiger partial charge on any atom is -0.476 e. The van der Waals surface area contributed by atoms with Crippen LogP contribution in [-0.4, -0.2) is 71.2 Å². The van der Waals surface area contributed by atoms with Gasteiger partial charge in [-0.1, -0.05) is 24.3 Å². The average molecular weight is 554 g/mol. The summed E-state index contributed by atoms with van der Waals surface area (Å²) < 4.78 is 7.31. The normalized spacial score (nSPS) is 13.5. The molecule has 0 amide bonds. The van der Waals surface area contributed by atoms with Crippen LogP contribution >= 0.6 is 0 Å². The fourth-order valence-corrected chi connectivity index (χ4v) is 4.68. The molecule has 4 aromatic rings. The maximum Gasteiger partial charge on any atom is 0.164 e. The van der Waals surface area contributed by atoms with Crippen LogP contribution in [0.3, 0.4) is 0 Å². The number of carbonyl (C=O) groups is 1. The van der Waals surface area contributed by atoms with Gasteiger partial charge in [-0.3, -0.25) is 20.5 Å². The molecule has 11 nitrogen and oxygen atoms in total. The zero-order chi connectivity index (χ0) is 29.4. The summed E-state index contributed by atoms with van der Waals surface area (Å²) in [5, 5.41) is 5.60. The Balaban J connectivity index is 0.000000426. The number of benzene rings is 2. The van der Waals surface area contributed by atoms with Gasteiger partial charge in [0.05, 0.1) is 11.9 Å². The summed E-state index contributed by atoms with van der Waals surface area (Å²) in [4.78, 5) is 28.7. The summed E-state index contributed by atoms with van der Waals surface area (Å²) in [6.07, 6.45) is 6.52. The standard InChI is InChI=1S/C24H26N8O.C6H9NO/c1-27-19-10-17(5-6-20(19)33-13-25)22-21-23(26)28-14-29-24(21)32(30-22)11-15-3-4-18-12-31(2)8-7-16(18)9-15;1-3-6(5-8)4-7-2/h3-6,9-10,14H,1,7-8,11-13,25H2,2H3,(H2,26,28,29);3-5H,1-2H3/b;6-3+,7-4?. The smallest absolute Gasteiger partial charge is 0.164 e. The summed E-state index contributed by atoms with van der Waals surface area (Å²) in [6, 6.07) is 12.2. The molecule has 2 aromatic heterocycles. The minimum absolute atomic E-state index is 0.0529. The molecule has 0 bridgehead atoms. The van der Waals surface area contributed by atoms with E-state index in [0.29, 0.717) is 46.1 Å². The third-order valence-electron chi connectivity index (χ3n) is 6.75. The van der Waals surface area contributed by atoms with Crippen LogP contribution in [0, 0.1) is 0 Å². The Morgan fingerprint density at radius 1 is 1.20 bits per heavy atom. The van der Waals surface area contributed by atoms with Crippen LogP contribution in [0.5, 0.6) is 5.75 Å². The highest BCUT2D eigenvalue weighted by molar-refractivity contribution is 6.01. The average Bonchev–Trinajstić information content (AvgIpc) is 3.36. The molecule has 0 unspecified atom stereocenters. The van der Waals surface area contributed by atoms with Gasteiger partial charge in [0, 0.05) is 37.5 Å². The summed E-state index contributed by atoms with van der Waals surface area (Å²) in [5.41, 5.74) is 19.1. The van der Waals surface area contributed by atoms with Crippen LogP contribution in [0.4, 0.5) is 11.5 Å². The Hall–Kier alpha value is -4.74. The van der Waals surface area contributed by atoms with E-state index in [1.165, 1.54) is 29.2 Å². The summed E-state index contributed by atoms with van der Waals surface area (Å²) in [6.45, 7) is 8.12. The van der Waals surface area contributed by atoms with Crippen molar-refractivity contribution in [1.29, 1.82) is 0 Å². The van der Waals surface area contributed by atoms with E-state index in [-0.39, 0.29) is 6.73 Å². The van der Waals surface area contributed by atoms with E-state index in [1.807, 2.05) is 16.8 Å². The molecule has 3 heterocycles. The molecular formula is C30H35N9O2. The number of ether oxygens (including phenoxy) is 1. The third-order valence-corrected chi connectivity index (χ3v) is 6.75. The predicted molar refractivity (Wildman–Crippen MR) is 164 cm³/mol. The SMILES string of the molecule is C/C=C(/C=O)C=NC.C=Nc1cc(-c2nn(Cc3ccc4c(c3)CCN(C)C4)c3ncnc(N)c23)ccc1OCN. The fraction of sp³-hybridized carbons (Fsp3) is 0.267. The molecule has 0 fully saturated rings. The van der Waals surface area contributed by atoms with Gasteiger partial charge in [-0.2, -0.15) is 5.10 Å². The van der Waals surface area contributed by atoms with E-state index in [9.17, 15) is 4.79 Å². The van der Waals surface area contributed by atoms with E-state index < -0.39 is 0 Å². The van der Waals surface area contributed by atoms with E-state index in [1.54, 1.807) is 26.1 Å². The van der Waals surface area contributed by atoms with Crippen molar-refractivity contribution in [2.24, 2.45) is 15.7 Å². The molecule has 0 saturated carbocycles. The van der Waals surface area contributed by atoms with Crippen molar-refractivity contribution in [2.45, 2.75) is 26.4 Å². The Kier molecular flexibility index (Phi) is 9.67. The van der Waals surface area contributed by atoms with E-state index >= 15 is 0 Å². The molecule has 0 spiro atoms. The lowest BCUT2D eigenvalue weighted by atomic mass is 9.97. The van der Waals surface area contributed by atoms with Gasteiger partial charge in [0.15, 0.2) is 11.9 Å². The Morgan fingerprint density at radius 2 is 2.02 bits per heavy atom. The summed E-state index contributed by atoms with van der Waals surface area (Å²) in [5.74, 6) is 0.939. The number of aldehydes is 1. The molecule has 0 atom stereocenters. The molecule has 41 heavy (non-hydrogen) atoms. The molecule has 0 saturated heterocycles. The molecule has 212 valence electrons. The summed E-state index contributed by atoms with van der Waals surface area (Å²) >= 11 is 0. The van der Waals surface area contributed by atoms with Gasteiger partial charge in [-0.05, 0) is 62.0 Å². The van der Waals surface area contributed by atoms with Crippen LogP contribution in [0.2, 0.25) is 0 Å². The highest BCUT2D eigenvalue weighted by Crippen LogP contribution is 2.36. The van der Waals surface area contributed by atoms with E-state index in [0.717, 1.165) is 31.4 Å². The Labute approximate surface area is 239 Å². The van der Waals surface area contributed by atoms with Crippen molar-refractivity contribution in [2.75, 3.05) is 33.1 Å². The molecule has 4 N–H and O–H groups in total. The lowest BCUT2D eigenvalue weighted by Crippen LogP contribution is -2.26. The van der Waals surface area contributed by atoms with E-state index in [2.05, 4.69) is 56.8 Å². The number of nitrogens with zero attached hydrogens (tertiary/aromatic N) is 7. The molecule has 0 aliphatic carbocycles. The quantitative estimate of drug-likeness (QED) is 0.146. The predicted octanol–water partition coefficient (Wildman–Crippen LogP) is 3.57. The largest absolute Gasteiger partial charge is 0.476 e. The molecule has 11 heteroatoms. The topological polar surface area (TPSA) is 150 Å². The van der Waals surface area contributed by atoms with Crippen molar-refractivity contribution in [3.8, 4) is 17.0 Å². The van der Waals surface area contributed by atoms with Crippen LogP contribution in [0.15, 0.2) is 64.4 Å². The van der Waals surface area contributed by atoms with Gasteiger partial charge in [0.2, 0.25) is 0 Å². The number of nitrogens with two attached hydrogens (primary N) is 2. The third kappa shape index (κ3) is 6.71. The second-order valence-corrected chi connectivity index (χ2v) is 9.50. The molecule has 2 aromatic carbocycles. The number of rotatable bonds is 8.